The van der Waals surface area contributed by atoms with E-state index in [4.69, 9.17) is 9.22 Å². The van der Waals surface area contributed by atoms with Crippen LogP contribution in [0.1, 0.15) is 23.4 Å². The minimum atomic E-state index is -5.45. The molecule has 32 heavy (non-hydrogen) atoms. The Kier molecular flexibility index (Phi) is 5.09. The molecule has 170 valence electrons. The third kappa shape index (κ3) is 4.53. The molecule has 1 aliphatic carbocycles. The highest BCUT2D eigenvalue weighted by Crippen LogP contribution is 2.37. The van der Waals surface area contributed by atoms with Crippen LogP contribution < -0.4 is 10.1 Å². The predicted octanol–water partition coefficient (Wildman–Crippen LogP) is 5.31. The second kappa shape index (κ2) is 8.52. The van der Waals surface area contributed by atoms with Gasteiger partial charge in [-0.15, -0.1) is 13.2 Å². The van der Waals surface area contributed by atoms with Crippen LogP contribution in [0.2, 0.25) is 0 Å². The molecule has 2 aromatic carbocycles. The van der Waals surface area contributed by atoms with E-state index >= 15 is 0 Å². The molecule has 1 amide bonds. The maximum absolute atomic E-state index is 14.8. The van der Waals surface area contributed by atoms with Crippen LogP contribution in [0.4, 0.5) is 36.4 Å². The number of benzene rings is 2. The third-order valence-electron chi connectivity index (χ3n) is 4.38. The second-order valence-electron chi connectivity index (χ2n) is 6.39. The zero-order chi connectivity index (χ0) is 26.4. The van der Waals surface area contributed by atoms with Crippen molar-refractivity contribution in [2.75, 3.05) is 5.32 Å². The van der Waals surface area contributed by atoms with Crippen molar-refractivity contribution in [1.29, 1.82) is 0 Å². The average molecular weight is 466 g/mol. The van der Waals surface area contributed by atoms with Crippen LogP contribution in [0.25, 0.3) is 11.1 Å². The van der Waals surface area contributed by atoms with Crippen molar-refractivity contribution < 1.29 is 54.3 Å². The van der Waals surface area contributed by atoms with Crippen LogP contribution in [0, 0.1) is 23.3 Å². The molecule has 3 rings (SSSR count). The predicted molar refractivity (Wildman–Crippen MR) is 95.5 cm³/mol. The zero-order valence-corrected chi connectivity index (χ0v) is 15.5. The number of hydrogen-bond acceptors (Lipinski definition) is 3. The van der Waals surface area contributed by atoms with E-state index in [1.54, 1.807) is 5.32 Å². The lowest BCUT2D eigenvalue weighted by Crippen LogP contribution is -2.19. The SMILES string of the molecule is [2H]c1cc([2H])c(-c2c(F)c(F)c(NC(=O)C3=C(C(=O)O)CCC3)c(F)c2F)c([2H])c1OC(F)(F)F. The van der Waals surface area contributed by atoms with Gasteiger partial charge in [0.25, 0.3) is 5.91 Å². The minimum absolute atomic E-state index is 0.0302. The Labute approximate surface area is 179 Å². The Balaban J connectivity index is 2.17. The van der Waals surface area contributed by atoms with Crippen molar-refractivity contribution in [3.63, 3.8) is 0 Å². The van der Waals surface area contributed by atoms with E-state index in [0.29, 0.717) is 6.07 Å². The van der Waals surface area contributed by atoms with Crippen LogP contribution in [-0.4, -0.2) is 23.3 Å². The number of carbonyl (C=O) groups is 2. The van der Waals surface area contributed by atoms with Crippen molar-refractivity contribution in [3.05, 3.63) is 58.6 Å². The molecule has 0 unspecified atom stereocenters. The summed E-state index contributed by atoms with van der Waals surface area (Å²) < 4.78 is 123. The highest BCUT2D eigenvalue weighted by atomic mass is 19.4. The summed E-state index contributed by atoms with van der Waals surface area (Å²) >= 11 is 0. The first-order chi connectivity index (χ1) is 16.2. The molecule has 0 saturated heterocycles. The maximum atomic E-state index is 14.8. The molecule has 0 saturated carbocycles. The van der Waals surface area contributed by atoms with Crippen molar-refractivity contribution in [1.82, 2.24) is 0 Å². The van der Waals surface area contributed by atoms with Crippen LogP contribution in [0.5, 0.6) is 5.75 Å². The lowest BCUT2D eigenvalue weighted by atomic mass is 10.0. The monoisotopic (exact) mass is 466 g/mol. The number of carboxylic acid groups (broad SMARTS) is 1. The van der Waals surface area contributed by atoms with E-state index in [1.165, 1.54) is 0 Å². The molecule has 2 N–H and O–H groups in total. The topological polar surface area (TPSA) is 75.6 Å². The van der Waals surface area contributed by atoms with E-state index in [9.17, 15) is 40.3 Å². The van der Waals surface area contributed by atoms with Gasteiger partial charge in [0.05, 0.1) is 9.68 Å². The van der Waals surface area contributed by atoms with Gasteiger partial charge in [0.2, 0.25) is 0 Å². The molecule has 0 atom stereocenters. The largest absolute Gasteiger partial charge is 0.573 e. The summed E-state index contributed by atoms with van der Waals surface area (Å²) in [6, 6.07) is -3.51. The molecule has 0 aromatic heterocycles. The smallest absolute Gasteiger partial charge is 0.478 e. The average Bonchev–Trinajstić information content (AvgIpc) is 3.25. The van der Waals surface area contributed by atoms with E-state index in [0.717, 1.165) is 0 Å². The van der Waals surface area contributed by atoms with Gasteiger partial charge in [0.1, 0.15) is 11.4 Å². The molecule has 0 fully saturated rings. The Bertz CT molecular complexity index is 1270. The molecule has 0 heterocycles. The number of aliphatic carboxylic acids is 1. The van der Waals surface area contributed by atoms with Gasteiger partial charge in [-0.3, -0.25) is 4.79 Å². The lowest BCUT2D eigenvalue weighted by Gasteiger charge is -2.15. The molecular weight excluding hydrogens is 451 g/mol. The Morgan fingerprint density at radius 3 is 2.16 bits per heavy atom. The van der Waals surface area contributed by atoms with Gasteiger partial charge in [-0.1, -0.05) is 12.1 Å². The summed E-state index contributed by atoms with van der Waals surface area (Å²) in [5, 5.41) is 10.6. The minimum Gasteiger partial charge on any atom is -0.478 e. The summed E-state index contributed by atoms with van der Waals surface area (Å²) in [7, 11) is 0. The molecule has 0 spiro atoms. The summed E-state index contributed by atoms with van der Waals surface area (Å²) in [4.78, 5) is 23.5. The first kappa shape index (κ1) is 19.1. The van der Waals surface area contributed by atoms with Gasteiger partial charge >= 0.3 is 12.3 Å². The summed E-state index contributed by atoms with van der Waals surface area (Å²) in [5.74, 6) is -13.4. The molecule has 1 aliphatic rings. The number of carbonyl (C=O) groups excluding carboxylic acids is 1. The fraction of sp³-hybridized carbons (Fsp3) is 0.200. The Hall–Kier alpha value is -3.57. The zero-order valence-electron chi connectivity index (χ0n) is 18.5. The van der Waals surface area contributed by atoms with Crippen LogP contribution in [0.15, 0.2) is 35.3 Å². The van der Waals surface area contributed by atoms with Gasteiger partial charge in [-0.2, -0.15) is 0 Å². The van der Waals surface area contributed by atoms with Crippen LogP contribution >= 0.6 is 0 Å². The molecule has 12 heteroatoms. The fourth-order valence-corrected chi connectivity index (χ4v) is 3.05. The van der Waals surface area contributed by atoms with Gasteiger partial charge in [0.15, 0.2) is 23.3 Å². The van der Waals surface area contributed by atoms with E-state index < -0.39 is 82.2 Å². The summed E-state index contributed by atoms with van der Waals surface area (Å²) in [6.07, 6.45) is -5.34. The number of anilines is 1. The lowest BCUT2D eigenvalue weighted by molar-refractivity contribution is -0.274. The summed E-state index contributed by atoms with van der Waals surface area (Å²) in [6.45, 7) is 0. The Morgan fingerprint density at radius 2 is 1.59 bits per heavy atom. The number of ether oxygens (including phenoxy) is 1. The number of halogens is 7. The standard InChI is InChI=1S/C20H12F7NO4/c21-13-12(8-3-1-4-9(7-8)32-20(25,26)27)14(22)16(24)17(15(13)23)28-18(29)10-5-2-6-11(10)19(30)31/h1,3-4,7H,2,5-6H2,(H,28,29)(H,30,31)/i3D,4D,7D. The quantitative estimate of drug-likeness (QED) is 0.463. The van der Waals surface area contributed by atoms with Crippen molar-refractivity contribution >= 4 is 17.6 Å². The Morgan fingerprint density at radius 1 is 1.00 bits per heavy atom. The van der Waals surface area contributed by atoms with E-state index in [1.807, 2.05) is 0 Å². The first-order valence-electron chi connectivity index (χ1n) is 10.1. The van der Waals surface area contributed by atoms with Gasteiger partial charge < -0.3 is 15.2 Å². The molecule has 0 aliphatic heterocycles. The molecule has 5 nitrogen and oxygen atoms in total. The van der Waals surface area contributed by atoms with Gasteiger partial charge in [-0.05, 0) is 36.9 Å². The number of alkyl halides is 3. The van der Waals surface area contributed by atoms with Gasteiger partial charge in [-0.25, -0.2) is 22.4 Å². The highest BCUT2D eigenvalue weighted by molar-refractivity contribution is 6.09. The normalized spacial score (nSPS) is 15.3. The molecule has 0 bridgehead atoms. The third-order valence-corrected chi connectivity index (χ3v) is 4.38. The number of nitrogens with one attached hydrogen (secondary N) is 1. The molecule has 0 radical (unpaired) electrons. The van der Waals surface area contributed by atoms with E-state index in [-0.39, 0.29) is 30.4 Å². The highest BCUT2D eigenvalue weighted by Gasteiger charge is 2.33. The fourth-order valence-electron chi connectivity index (χ4n) is 3.05. The van der Waals surface area contributed by atoms with Crippen molar-refractivity contribution in [2.24, 2.45) is 0 Å². The molecule has 2 aromatic rings. The summed E-state index contributed by atoms with van der Waals surface area (Å²) in [5.41, 5.74) is -5.47. The first-order valence-corrected chi connectivity index (χ1v) is 8.65. The van der Waals surface area contributed by atoms with Gasteiger partial charge in [0, 0.05) is 11.1 Å². The number of hydrogen-bond donors (Lipinski definition) is 2. The number of rotatable bonds is 5. The second-order valence-corrected chi connectivity index (χ2v) is 6.39. The van der Waals surface area contributed by atoms with E-state index in [2.05, 4.69) is 4.74 Å². The number of amides is 1. The molecular formula is C20H12F7NO4. The van der Waals surface area contributed by atoms with Crippen molar-refractivity contribution in [3.8, 4) is 16.9 Å². The maximum Gasteiger partial charge on any atom is 0.573 e. The number of carboxylic acids is 1. The van der Waals surface area contributed by atoms with Crippen molar-refractivity contribution in [2.45, 2.75) is 25.6 Å². The van der Waals surface area contributed by atoms with Crippen LogP contribution in [0.3, 0.4) is 0 Å². The van der Waals surface area contributed by atoms with Crippen LogP contribution in [-0.2, 0) is 9.59 Å².